The maximum absolute atomic E-state index is 5.29. The first-order chi connectivity index (χ1) is 7.40. The minimum absolute atomic E-state index is 0.258. The van der Waals surface area contributed by atoms with Crippen LogP contribution in [-0.4, -0.2) is 6.61 Å². The molecule has 1 aromatic rings. The largest absolute Gasteiger partial charge is 0.481 e. The molecule has 0 N–H and O–H groups in total. The van der Waals surface area contributed by atoms with Gasteiger partial charge in [-0.25, -0.2) is 0 Å². The van der Waals surface area contributed by atoms with Crippen LogP contribution in [0.15, 0.2) is 36.8 Å². The van der Waals surface area contributed by atoms with Crippen LogP contribution >= 0.6 is 0 Å². The van der Waals surface area contributed by atoms with Gasteiger partial charge in [-0.15, -0.1) is 6.42 Å². The number of hydrogen-bond donors (Lipinski definition) is 0. The van der Waals surface area contributed by atoms with Crippen molar-refractivity contribution in [3.63, 3.8) is 0 Å². The highest BCUT2D eigenvalue weighted by Crippen LogP contribution is 2.26. The summed E-state index contributed by atoms with van der Waals surface area (Å²) in [6.07, 6.45) is 7.75. The molecule has 0 spiro atoms. The van der Waals surface area contributed by atoms with Gasteiger partial charge in [-0.2, -0.15) is 0 Å². The third-order valence-corrected chi connectivity index (χ3v) is 1.91. The van der Waals surface area contributed by atoms with Gasteiger partial charge in [-0.1, -0.05) is 18.1 Å². The summed E-state index contributed by atoms with van der Waals surface area (Å²) < 4.78 is 15.7. The van der Waals surface area contributed by atoms with Crippen molar-refractivity contribution in [2.24, 2.45) is 0 Å². The molecule has 0 bridgehead atoms. The van der Waals surface area contributed by atoms with E-state index in [1.165, 1.54) is 12.5 Å². The second-order valence-corrected chi connectivity index (χ2v) is 2.94. The molecule has 3 nitrogen and oxygen atoms in total. The molecular weight excluding hydrogens is 192 g/mol. The normalized spacial score (nSPS) is 14.1. The Hall–Kier alpha value is -2.08. The van der Waals surface area contributed by atoms with Crippen molar-refractivity contribution in [1.29, 1.82) is 0 Å². The van der Waals surface area contributed by atoms with Crippen molar-refractivity contribution in [1.82, 2.24) is 0 Å². The van der Waals surface area contributed by atoms with Crippen molar-refractivity contribution in [3.8, 4) is 18.1 Å². The minimum atomic E-state index is -0.376. The predicted octanol–water partition coefficient (Wildman–Crippen LogP) is 2.22. The highest BCUT2D eigenvalue weighted by Gasteiger charge is 2.15. The van der Waals surface area contributed by atoms with Crippen LogP contribution in [0.25, 0.3) is 0 Å². The molecule has 0 aromatic heterocycles. The lowest BCUT2D eigenvalue weighted by atomic mass is 10.2. The molecule has 1 aliphatic heterocycles. The highest BCUT2D eigenvalue weighted by atomic mass is 16.7. The van der Waals surface area contributed by atoms with E-state index in [0.29, 0.717) is 5.75 Å². The Morgan fingerprint density at radius 2 is 2.13 bits per heavy atom. The van der Waals surface area contributed by atoms with Crippen molar-refractivity contribution >= 4 is 0 Å². The molecule has 2 rings (SSSR count). The summed E-state index contributed by atoms with van der Waals surface area (Å²) in [6.45, 7) is 0.258. The maximum atomic E-state index is 5.29. The molecule has 1 heterocycles. The summed E-state index contributed by atoms with van der Waals surface area (Å²) in [4.78, 5) is 0. The van der Waals surface area contributed by atoms with Gasteiger partial charge in [-0.05, 0) is 12.1 Å². The van der Waals surface area contributed by atoms with E-state index < -0.39 is 0 Å². The fraction of sp³-hybridized carbons (Fsp3) is 0.167. The fourth-order valence-corrected chi connectivity index (χ4v) is 1.27. The lowest BCUT2D eigenvalue weighted by molar-refractivity contribution is -0.0247. The number of ether oxygens (including phenoxy) is 3. The SMILES string of the molecule is C#CCOc1cccc(C2OC=CO2)c1. The van der Waals surface area contributed by atoms with Gasteiger partial charge in [-0.3, -0.25) is 0 Å². The van der Waals surface area contributed by atoms with Gasteiger partial charge < -0.3 is 14.2 Å². The van der Waals surface area contributed by atoms with Gasteiger partial charge in [0, 0.05) is 5.56 Å². The van der Waals surface area contributed by atoms with Crippen LogP contribution in [0.2, 0.25) is 0 Å². The van der Waals surface area contributed by atoms with Crippen molar-refractivity contribution in [2.45, 2.75) is 6.29 Å². The number of benzene rings is 1. The highest BCUT2D eigenvalue weighted by molar-refractivity contribution is 5.30. The quantitative estimate of drug-likeness (QED) is 0.703. The van der Waals surface area contributed by atoms with E-state index in [4.69, 9.17) is 20.6 Å². The summed E-state index contributed by atoms with van der Waals surface area (Å²) in [7, 11) is 0. The fourth-order valence-electron chi connectivity index (χ4n) is 1.27. The molecule has 3 heteroatoms. The van der Waals surface area contributed by atoms with E-state index in [0.717, 1.165) is 5.56 Å². The second kappa shape index (κ2) is 4.43. The Kier molecular flexibility index (Phi) is 2.80. The van der Waals surface area contributed by atoms with Crippen LogP contribution < -0.4 is 4.74 Å². The van der Waals surface area contributed by atoms with Crippen molar-refractivity contribution < 1.29 is 14.2 Å². The summed E-state index contributed by atoms with van der Waals surface area (Å²) in [5.74, 6) is 3.12. The first kappa shape index (κ1) is 9.47. The number of terminal acetylenes is 1. The van der Waals surface area contributed by atoms with Crippen LogP contribution in [0.1, 0.15) is 11.9 Å². The molecule has 0 saturated heterocycles. The van der Waals surface area contributed by atoms with Crippen LogP contribution in [0.5, 0.6) is 5.75 Å². The number of rotatable bonds is 3. The molecular formula is C12H10O3. The van der Waals surface area contributed by atoms with Crippen LogP contribution in [0.3, 0.4) is 0 Å². The molecule has 0 unspecified atom stereocenters. The Bertz CT molecular complexity index is 396. The van der Waals surface area contributed by atoms with Crippen molar-refractivity contribution in [3.05, 3.63) is 42.4 Å². The molecule has 0 atom stereocenters. The van der Waals surface area contributed by atoms with Crippen LogP contribution in [0.4, 0.5) is 0 Å². The first-order valence-electron chi connectivity index (χ1n) is 4.52. The monoisotopic (exact) mass is 202 g/mol. The molecule has 0 radical (unpaired) electrons. The molecule has 1 aliphatic rings. The molecule has 0 fully saturated rings. The van der Waals surface area contributed by atoms with E-state index in [1.54, 1.807) is 0 Å². The summed E-state index contributed by atoms with van der Waals surface area (Å²) >= 11 is 0. The van der Waals surface area contributed by atoms with Crippen LogP contribution in [0, 0.1) is 12.3 Å². The van der Waals surface area contributed by atoms with E-state index in [9.17, 15) is 0 Å². The number of hydrogen-bond acceptors (Lipinski definition) is 3. The van der Waals surface area contributed by atoms with E-state index >= 15 is 0 Å². The lowest BCUT2D eigenvalue weighted by Gasteiger charge is -2.11. The zero-order chi connectivity index (χ0) is 10.5. The average Bonchev–Trinajstić information content (AvgIpc) is 2.80. The topological polar surface area (TPSA) is 27.7 Å². The zero-order valence-corrected chi connectivity index (χ0v) is 8.05. The Labute approximate surface area is 88.3 Å². The third kappa shape index (κ3) is 2.23. The maximum Gasteiger partial charge on any atom is 0.266 e. The molecule has 0 saturated carbocycles. The standard InChI is InChI=1S/C12H10O3/c1-2-6-13-11-5-3-4-10(9-11)12-14-7-8-15-12/h1,3-5,7-9,12H,6H2. The van der Waals surface area contributed by atoms with Gasteiger partial charge in [0.25, 0.3) is 6.29 Å². The molecule has 0 amide bonds. The second-order valence-electron chi connectivity index (χ2n) is 2.94. The predicted molar refractivity (Wildman–Crippen MR) is 54.8 cm³/mol. The van der Waals surface area contributed by atoms with Gasteiger partial charge in [0.2, 0.25) is 0 Å². The zero-order valence-electron chi connectivity index (χ0n) is 8.05. The Morgan fingerprint density at radius 3 is 2.87 bits per heavy atom. The first-order valence-corrected chi connectivity index (χ1v) is 4.52. The van der Waals surface area contributed by atoms with E-state index in [1.807, 2.05) is 24.3 Å². The Balaban J connectivity index is 2.08. The lowest BCUT2D eigenvalue weighted by Crippen LogP contribution is -1.99. The van der Waals surface area contributed by atoms with E-state index in [2.05, 4.69) is 5.92 Å². The molecule has 1 aromatic carbocycles. The van der Waals surface area contributed by atoms with Gasteiger partial charge in [0.05, 0.1) is 0 Å². The Morgan fingerprint density at radius 1 is 1.33 bits per heavy atom. The third-order valence-electron chi connectivity index (χ3n) is 1.91. The van der Waals surface area contributed by atoms with E-state index in [-0.39, 0.29) is 12.9 Å². The van der Waals surface area contributed by atoms with Crippen molar-refractivity contribution in [2.75, 3.05) is 6.61 Å². The minimum Gasteiger partial charge on any atom is -0.481 e. The average molecular weight is 202 g/mol. The molecule has 15 heavy (non-hydrogen) atoms. The summed E-state index contributed by atoms with van der Waals surface area (Å²) in [5, 5.41) is 0. The van der Waals surface area contributed by atoms with Gasteiger partial charge in [0.15, 0.2) is 0 Å². The summed E-state index contributed by atoms with van der Waals surface area (Å²) in [6, 6.07) is 7.45. The van der Waals surface area contributed by atoms with Gasteiger partial charge in [0.1, 0.15) is 24.9 Å². The van der Waals surface area contributed by atoms with Crippen LogP contribution in [-0.2, 0) is 9.47 Å². The summed E-state index contributed by atoms with van der Waals surface area (Å²) in [5.41, 5.74) is 0.898. The van der Waals surface area contributed by atoms with Gasteiger partial charge >= 0.3 is 0 Å². The molecule has 76 valence electrons. The smallest absolute Gasteiger partial charge is 0.266 e. The molecule has 0 aliphatic carbocycles.